The number of unbranched alkanes of at least 4 members (excludes halogenated alkanes) is 1. The molecule has 2 unspecified atom stereocenters. The summed E-state index contributed by atoms with van der Waals surface area (Å²) in [7, 11) is 3.96. The zero-order chi connectivity index (χ0) is 15.7. The summed E-state index contributed by atoms with van der Waals surface area (Å²) < 4.78 is 0. The van der Waals surface area contributed by atoms with E-state index >= 15 is 0 Å². The number of allylic oxidation sites excluding steroid dienone is 1. The molecule has 1 heterocycles. The Morgan fingerprint density at radius 2 is 2.33 bits per heavy atom. The standard InChI is InChI=1S/C17H34N4/c1-6-7-8-11-20(5)17(18-4)19-13-16(3)21-12-9-10-15(2)14-21/h6,15-16H,1,7-14H2,2-5H3,(H,18,19). The molecule has 2 atom stereocenters. The molecular weight excluding hydrogens is 260 g/mol. The summed E-state index contributed by atoms with van der Waals surface area (Å²) in [5, 5.41) is 3.52. The molecule has 0 aromatic carbocycles. The van der Waals surface area contributed by atoms with Gasteiger partial charge in [-0.1, -0.05) is 13.0 Å². The highest BCUT2D eigenvalue weighted by Crippen LogP contribution is 2.17. The van der Waals surface area contributed by atoms with Gasteiger partial charge in [-0.05, 0) is 45.1 Å². The summed E-state index contributed by atoms with van der Waals surface area (Å²) in [6, 6.07) is 0.561. The van der Waals surface area contributed by atoms with Gasteiger partial charge in [0.1, 0.15) is 0 Å². The summed E-state index contributed by atoms with van der Waals surface area (Å²) in [6.07, 6.45) is 6.87. The number of likely N-dealkylation sites (tertiary alicyclic amines) is 1. The Labute approximate surface area is 131 Å². The Balaban J connectivity index is 2.34. The van der Waals surface area contributed by atoms with Crippen LogP contribution in [0.5, 0.6) is 0 Å². The van der Waals surface area contributed by atoms with E-state index in [0.717, 1.165) is 37.8 Å². The van der Waals surface area contributed by atoms with E-state index < -0.39 is 0 Å². The predicted octanol–water partition coefficient (Wildman–Crippen LogP) is 2.58. The molecule has 0 radical (unpaired) electrons. The molecule has 1 N–H and O–H groups in total. The maximum absolute atomic E-state index is 4.39. The van der Waals surface area contributed by atoms with Crippen molar-refractivity contribution >= 4 is 5.96 Å². The number of nitrogens with zero attached hydrogens (tertiary/aromatic N) is 3. The summed E-state index contributed by atoms with van der Waals surface area (Å²) in [6.45, 7) is 12.9. The zero-order valence-corrected chi connectivity index (χ0v) is 14.4. The number of aliphatic imine (C=N–C) groups is 1. The van der Waals surface area contributed by atoms with Crippen LogP contribution in [0.2, 0.25) is 0 Å². The molecule has 4 heteroatoms. The second kappa shape index (κ2) is 9.82. The van der Waals surface area contributed by atoms with E-state index in [4.69, 9.17) is 0 Å². The molecule has 1 rings (SSSR count). The van der Waals surface area contributed by atoms with Gasteiger partial charge in [-0.2, -0.15) is 0 Å². The summed E-state index contributed by atoms with van der Waals surface area (Å²) in [4.78, 5) is 9.19. The minimum Gasteiger partial charge on any atom is -0.355 e. The number of piperidine rings is 1. The van der Waals surface area contributed by atoms with E-state index in [1.165, 1.54) is 25.9 Å². The molecule has 4 nitrogen and oxygen atoms in total. The molecule has 0 aliphatic carbocycles. The number of hydrogen-bond acceptors (Lipinski definition) is 2. The number of rotatable bonds is 7. The Bertz CT molecular complexity index is 327. The van der Waals surface area contributed by atoms with Gasteiger partial charge in [0.05, 0.1) is 0 Å². The van der Waals surface area contributed by atoms with Crippen molar-refractivity contribution in [2.45, 2.75) is 45.6 Å². The molecular formula is C17H34N4. The number of nitrogens with one attached hydrogen (secondary N) is 1. The lowest BCUT2D eigenvalue weighted by molar-refractivity contribution is 0.139. The largest absolute Gasteiger partial charge is 0.355 e. The lowest BCUT2D eigenvalue weighted by atomic mass is 9.99. The van der Waals surface area contributed by atoms with Crippen molar-refractivity contribution in [3.05, 3.63) is 12.7 Å². The summed E-state index contributed by atoms with van der Waals surface area (Å²) in [5.41, 5.74) is 0. The van der Waals surface area contributed by atoms with Gasteiger partial charge in [-0.15, -0.1) is 6.58 Å². The lowest BCUT2D eigenvalue weighted by Gasteiger charge is -2.36. The first kappa shape index (κ1) is 18.0. The molecule has 1 aliphatic heterocycles. The number of hydrogen-bond donors (Lipinski definition) is 1. The second-order valence-electron chi connectivity index (χ2n) is 6.37. The Kier molecular flexibility index (Phi) is 8.43. The minimum atomic E-state index is 0.561. The highest BCUT2D eigenvalue weighted by molar-refractivity contribution is 5.79. The van der Waals surface area contributed by atoms with Gasteiger partial charge < -0.3 is 10.2 Å². The van der Waals surface area contributed by atoms with Gasteiger partial charge in [0.15, 0.2) is 5.96 Å². The topological polar surface area (TPSA) is 30.9 Å². The maximum atomic E-state index is 4.39. The van der Waals surface area contributed by atoms with Crippen LogP contribution >= 0.6 is 0 Å². The third-order valence-corrected chi connectivity index (χ3v) is 4.34. The maximum Gasteiger partial charge on any atom is 0.193 e. The zero-order valence-electron chi connectivity index (χ0n) is 14.4. The van der Waals surface area contributed by atoms with Crippen molar-refractivity contribution < 1.29 is 0 Å². The van der Waals surface area contributed by atoms with Gasteiger partial charge >= 0.3 is 0 Å². The van der Waals surface area contributed by atoms with Crippen LogP contribution in [0.1, 0.15) is 39.5 Å². The van der Waals surface area contributed by atoms with Crippen molar-refractivity contribution in [1.82, 2.24) is 15.1 Å². The normalized spacial score (nSPS) is 21.9. The van der Waals surface area contributed by atoms with Gasteiger partial charge in [-0.25, -0.2) is 0 Å². The van der Waals surface area contributed by atoms with Crippen molar-refractivity contribution in [2.75, 3.05) is 40.3 Å². The van der Waals surface area contributed by atoms with Gasteiger partial charge in [-0.3, -0.25) is 9.89 Å². The molecule has 0 spiro atoms. The summed E-state index contributed by atoms with van der Waals surface area (Å²) in [5.74, 6) is 1.83. The van der Waals surface area contributed by atoms with Crippen LogP contribution < -0.4 is 5.32 Å². The van der Waals surface area contributed by atoms with E-state index in [9.17, 15) is 0 Å². The van der Waals surface area contributed by atoms with Gasteiger partial charge in [0.2, 0.25) is 0 Å². The molecule has 1 fully saturated rings. The molecule has 0 bridgehead atoms. The molecule has 0 aromatic rings. The van der Waals surface area contributed by atoms with Crippen LogP contribution in [-0.4, -0.2) is 62.1 Å². The van der Waals surface area contributed by atoms with E-state index in [-0.39, 0.29) is 0 Å². The fraction of sp³-hybridized carbons (Fsp3) is 0.824. The Morgan fingerprint density at radius 1 is 1.57 bits per heavy atom. The molecule has 0 saturated carbocycles. The lowest BCUT2D eigenvalue weighted by Crippen LogP contribution is -2.49. The first-order chi connectivity index (χ1) is 10.1. The number of guanidine groups is 1. The molecule has 1 aliphatic rings. The van der Waals surface area contributed by atoms with Crippen LogP contribution in [0.15, 0.2) is 17.6 Å². The van der Waals surface area contributed by atoms with E-state index in [1.807, 2.05) is 13.1 Å². The van der Waals surface area contributed by atoms with Crippen LogP contribution in [-0.2, 0) is 0 Å². The Hall–Kier alpha value is -1.03. The predicted molar refractivity (Wildman–Crippen MR) is 92.9 cm³/mol. The monoisotopic (exact) mass is 294 g/mol. The molecule has 122 valence electrons. The van der Waals surface area contributed by atoms with Crippen molar-refractivity contribution in [2.24, 2.45) is 10.9 Å². The average molecular weight is 294 g/mol. The van der Waals surface area contributed by atoms with Gasteiger partial charge in [0.25, 0.3) is 0 Å². The van der Waals surface area contributed by atoms with Crippen LogP contribution in [0.3, 0.4) is 0 Å². The average Bonchev–Trinajstić information content (AvgIpc) is 2.48. The fourth-order valence-electron chi connectivity index (χ4n) is 2.96. The van der Waals surface area contributed by atoms with Crippen molar-refractivity contribution in [3.63, 3.8) is 0 Å². The third-order valence-electron chi connectivity index (χ3n) is 4.34. The fourth-order valence-corrected chi connectivity index (χ4v) is 2.96. The summed E-state index contributed by atoms with van der Waals surface area (Å²) >= 11 is 0. The molecule has 0 aromatic heterocycles. The van der Waals surface area contributed by atoms with Crippen molar-refractivity contribution in [1.29, 1.82) is 0 Å². The quantitative estimate of drug-likeness (QED) is 0.339. The Morgan fingerprint density at radius 3 is 2.95 bits per heavy atom. The minimum absolute atomic E-state index is 0.561. The van der Waals surface area contributed by atoms with E-state index in [1.54, 1.807) is 0 Å². The first-order valence-electron chi connectivity index (χ1n) is 8.35. The van der Waals surface area contributed by atoms with Gasteiger partial charge in [0, 0.05) is 39.8 Å². The first-order valence-corrected chi connectivity index (χ1v) is 8.35. The SMILES string of the molecule is C=CCCCN(C)C(=NC)NCC(C)N1CCCC(C)C1. The van der Waals surface area contributed by atoms with Crippen molar-refractivity contribution in [3.8, 4) is 0 Å². The van der Waals surface area contributed by atoms with Crippen LogP contribution in [0, 0.1) is 5.92 Å². The third kappa shape index (κ3) is 6.51. The highest BCUT2D eigenvalue weighted by Gasteiger charge is 2.21. The molecule has 21 heavy (non-hydrogen) atoms. The smallest absolute Gasteiger partial charge is 0.193 e. The highest BCUT2D eigenvalue weighted by atomic mass is 15.3. The van der Waals surface area contributed by atoms with Crippen LogP contribution in [0.25, 0.3) is 0 Å². The van der Waals surface area contributed by atoms with E-state index in [0.29, 0.717) is 6.04 Å². The van der Waals surface area contributed by atoms with Crippen LogP contribution in [0.4, 0.5) is 0 Å². The van der Waals surface area contributed by atoms with E-state index in [2.05, 4.69) is 47.6 Å². The molecule has 1 saturated heterocycles. The molecule has 0 amide bonds. The second-order valence-corrected chi connectivity index (χ2v) is 6.37.